The highest BCUT2D eigenvalue weighted by atomic mass is 15.0. The van der Waals surface area contributed by atoms with E-state index >= 15 is 0 Å². The number of hydrogen-bond donors (Lipinski definition) is 2. The van der Waals surface area contributed by atoms with Crippen LogP contribution in [0.2, 0.25) is 0 Å². The fourth-order valence-electron chi connectivity index (χ4n) is 1.45. The highest BCUT2D eigenvalue weighted by Gasteiger charge is 2.19. The molecule has 2 nitrogen and oxygen atoms in total. The lowest BCUT2D eigenvalue weighted by Gasteiger charge is -2.30. The van der Waals surface area contributed by atoms with Gasteiger partial charge < -0.3 is 10.6 Å². The van der Waals surface area contributed by atoms with Crippen LogP contribution in [0.5, 0.6) is 0 Å². The molecular formula is C9H20N2. The lowest BCUT2D eigenvalue weighted by atomic mass is 9.92. The first-order valence-electron chi connectivity index (χ1n) is 4.52. The first-order valence-corrected chi connectivity index (χ1v) is 4.52. The molecule has 1 heterocycles. The molecule has 1 rings (SSSR count). The Balaban J connectivity index is 2.35. The van der Waals surface area contributed by atoms with Crippen molar-refractivity contribution in [2.45, 2.75) is 20.8 Å². The van der Waals surface area contributed by atoms with Gasteiger partial charge in [0.1, 0.15) is 0 Å². The SMILES string of the molecule is CC1CNCC(C)(C)CNC1. The molecule has 0 aliphatic carbocycles. The van der Waals surface area contributed by atoms with E-state index < -0.39 is 0 Å². The third-order valence-electron chi connectivity index (χ3n) is 2.19. The van der Waals surface area contributed by atoms with E-state index in [-0.39, 0.29) is 0 Å². The fourth-order valence-corrected chi connectivity index (χ4v) is 1.45. The summed E-state index contributed by atoms with van der Waals surface area (Å²) in [5.74, 6) is 0.770. The second-order valence-corrected chi connectivity index (χ2v) is 4.53. The average molecular weight is 156 g/mol. The van der Waals surface area contributed by atoms with Gasteiger partial charge in [0, 0.05) is 13.1 Å². The van der Waals surface area contributed by atoms with Crippen molar-refractivity contribution in [2.24, 2.45) is 11.3 Å². The standard InChI is InChI=1S/C9H20N2/c1-8-4-10-6-9(2,3)7-11-5-8/h8,10-11H,4-7H2,1-3H3. The number of rotatable bonds is 0. The van der Waals surface area contributed by atoms with E-state index in [0.29, 0.717) is 5.41 Å². The molecule has 0 spiro atoms. The highest BCUT2D eigenvalue weighted by Crippen LogP contribution is 2.13. The molecule has 1 aliphatic rings. The first-order chi connectivity index (χ1) is 5.10. The average Bonchev–Trinajstić information content (AvgIpc) is 1.83. The summed E-state index contributed by atoms with van der Waals surface area (Å²) < 4.78 is 0. The van der Waals surface area contributed by atoms with Crippen molar-refractivity contribution in [3.63, 3.8) is 0 Å². The Bertz CT molecular complexity index is 109. The van der Waals surface area contributed by atoms with Crippen molar-refractivity contribution < 1.29 is 0 Å². The van der Waals surface area contributed by atoms with Crippen LogP contribution in [0.15, 0.2) is 0 Å². The van der Waals surface area contributed by atoms with Crippen molar-refractivity contribution in [1.29, 1.82) is 0 Å². The molecule has 0 atom stereocenters. The molecule has 0 unspecified atom stereocenters. The van der Waals surface area contributed by atoms with Gasteiger partial charge in [0.15, 0.2) is 0 Å². The zero-order valence-electron chi connectivity index (χ0n) is 7.91. The Morgan fingerprint density at radius 3 is 2.00 bits per heavy atom. The van der Waals surface area contributed by atoms with Crippen LogP contribution in [0.3, 0.4) is 0 Å². The molecule has 1 fully saturated rings. The molecule has 0 aromatic heterocycles. The Kier molecular flexibility index (Phi) is 2.90. The zero-order valence-corrected chi connectivity index (χ0v) is 7.91. The largest absolute Gasteiger partial charge is 0.316 e. The predicted molar refractivity (Wildman–Crippen MR) is 48.7 cm³/mol. The summed E-state index contributed by atoms with van der Waals surface area (Å²) in [6.07, 6.45) is 0. The highest BCUT2D eigenvalue weighted by molar-refractivity contribution is 4.78. The van der Waals surface area contributed by atoms with Gasteiger partial charge in [-0.2, -0.15) is 0 Å². The molecule has 0 amide bonds. The summed E-state index contributed by atoms with van der Waals surface area (Å²) in [6.45, 7) is 11.4. The van der Waals surface area contributed by atoms with Gasteiger partial charge in [-0.25, -0.2) is 0 Å². The predicted octanol–water partition coefficient (Wildman–Crippen LogP) is 0.841. The second kappa shape index (κ2) is 3.55. The summed E-state index contributed by atoms with van der Waals surface area (Å²) in [5, 5.41) is 6.97. The second-order valence-electron chi connectivity index (χ2n) is 4.53. The quantitative estimate of drug-likeness (QED) is 0.543. The van der Waals surface area contributed by atoms with Gasteiger partial charge in [0.05, 0.1) is 0 Å². The molecule has 11 heavy (non-hydrogen) atoms. The summed E-state index contributed by atoms with van der Waals surface area (Å²) in [7, 11) is 0. The molecule has 0 aromatic rings. The third-order valence-corrected chi connectivity index (χ3v) is 2.19. The fraction of sp³-hybridized carbons (Fsp3) is 1.00. The van der Waals surface area contributed by atoms with Gasteiger partial charge in [-0.1, -0.05) is 20.8 Å². The summed E-state index contributed by atoms with van der Waals surface area (Å²) in [6, 6.07) is 0. The number of hydrogen-bond acceptors (Lipinski definition) is 2. The monoisotopic (exact) mass is 156 g/mol. The summed E-state index contributed by atoms with van der Waals surface area (Å²) in [4.78, 5) is 0. The van der Waals surface area contributed by atoms with Gasteiger partial charge in [0.2, 0.25) is 0 Å². The van der Waals surface area contributed by atoms with Crippen molar-refractivity contribution in [3.8, 4) is 0 Å². The third kappa shape index (κ3) is 3.21. The van der Waals surface area contributed by atoms with Crippen LogP contribution in [-0.4, -0.2) is 26.2 Å². The topological polar surface area (TPSA) is 24.1 Å². The van der Waals surface area contributed by atoms with E-state index in [2.05, 4.69) is 31.4 Å². The molecule has 0 saturated carbocycles. The minimum Gasteiger partial charge on any atom is -0.316 e. The zero-order chi connectivity index (χ0) is 8.32. The summed E-state index contributed by atoms with van der Waals surface area (Å²) in [5.41, 5.74) is 0.417. The molecular weight excluding hydrogens is 136 g/mol. The van der Waals surface area contributed by atoms with Crippen LogP contribution in [-0.2, 0) is 0 Å². The van der Waals surface area contributed by atoms with Crippen molar-refractivity contribution in [2.75, 3.05) is 26.2 Å². The molecule has 0 bridgehead atoms. The molecule has 0 radical (unpaired) electrons. The van der Waals surface area contributed by atoms with E-state index in [9.17, 15) is 0 Å². The normalized spacial score (nSPS) is 27.5. The maximum atomic E-state index is 3.49. The van der Waals surface area contributed by atoms with E-state index in [4.69, 9.17) is 0 Å². The lowest BCUT2D eigenvalue weighted by Crippen LogP contribution is -2.45. The van der Waals surface area contributed by atoms with E-state index in [0.717, 1.165) is 32.1 Å². The van der Waals surface area contributed by atoms with Crippen LogP contribution in [0.4, 0.5) is 0 Å². The molecule has 1 aliphatic heterocycles. The van der Waals surface area contributed by atoms with Crippen LogP contribution in [0, 0.1) is 11.3 Å². The van der Waals surface area contributed by atoms with Crippen molar-refractivity contribution >= 4 is 0 Å². The van der Waals surface area contributed by atoms with Gasteiger partial charge in [0.25, 0.3) is 0 Å². The van der Waals surface area contributed by atoms with Crippen LogP contribution < -0.4 is 10.6 Å². The van der Waals surface area contributed by atoms with Crippen molar-refractivity contribution in [1.82, 2.24) is 10.6 Å². The molecule has 1 saturated heterocycles. The summed E-state index contributed by atoms with van der Waals surface area (Å²) >= 11 is 0. The molecule has 2 heteroatoms. The molecule has 2 N–H and O–H groups in total. The Morgan fingerprint density at radius 2 is 1.55 bits per heavy atom. The van der Waals surface area contributed by atoms with E-state index in [1.165, 1.54) is 0 Å². The van der Waals surface area contributed by atoms with E-state index in [1.54, 1.807) is 0 Å². The minimum absolute atomic E-state index is 0.417. The van der Waals surface area contributed by atoms with Crippen molar-refractivity contribution in [3.05, 3.63) is 0 Å². The maximum Gasteiger partial charge on any atom is 0.00148 e. The minimum atomic E-state index is 0.417. The van der Waals surface area contributed by atoms with E-state index in [1.807, 2.05) is 0 Å². The Labute approximate surface area is 69.8 Å². The smallest absolute Gasteiger partial charge is 0.00148 e. The Morgan fingerprint density at radius 1 is 1.09 bits per heavy atom. The Hall–Kier alpha value is -0.0800. The van der Waals surface area contributed by atoms with Gasteiger partial charge in [-0.15, -0.1) is 0 Å². The molecule has 66 valence electrons. The van der Waals surface area contributed by atoms with Gasteiger partial charge in [-0.05, 0) is 24.4 Å². The van der Waals surface area contributed by atoms with Gasteiger partial charge in [-0.3, -0.25) is 0 Å². The molecule has 0 aromatic carbocycles. The van der Waals surface area contributed by atoms with Crippen LogP contribution in [0.25, 0.3) is 0 Å². The maximum absolute atomic E-state index is 3.49. The number of nitrogens with one attached hydrogen (secondary N) is 2. The first kappa shape index (κ1) is 9.01. The van der Waals surface area contributed by atoms with Gasteiger partial charge >= 0.3 is 0 Å². The van der Waals surface area contributed by atoms with Crippen LogP contribution in [0.1, 0.15) is 20.8 Å². The van der Waals surface area contributed by atoms with Crippen LogP contribution >= 0.6 is 0 Å². The lowest BCUT2D eigenvalue weighted by molar-refractivity contribution is 0.278.